The molecule has 2 heterocycles. The maximum absolute atomic E-state index is 12.9. The van der Waals surface area contributed by atoms with Crippen LogP contribution in [0.5, 0.6) is 0 Å². The van der Waals surface area contributed by atoms with E-state index in [4.69, 9.17) is 4.74 Å². The molecule has 11 heteroatoms. The number of nitro groups is 1. The zero-order valence-electron chi connectivity index (χ0n) is 18.0. The number of β-lactam (4-membered cyclic amide) rings is 1. The highest BCUT2D eigenvalue weighted by atomic mass is 32.2. The summed E-state index contributed by atoms with van der Waals surface area (Å²) in [6, 6.07) is 5.34. The molecule has 0 bridgehead atoms. The topological polar surface area (TPSA) is 136 Å². The Morgan fingerprint density at radius 1 is 1.31 bits per heavy atom. The lowest BCUT2D eigenvalue weighted by molar-refractivity contribution is -0.384. The average Bonchev–Trinajstić information content (AvgIpc) is 3.06. The first-order valence-corrected chi connectivity index (χ1v) is 11.5. The zero-order chi connectivity index (χ0) is 23.6. The third kappa shape index (κ3) is 4.72. The van der Waals surface area contributed by atoms with Crippen molar-refractivity contribution in [2.24, 2.45) is 11.8 Å². The van der Waals surface area contributed by atoms with E-state index in [9.17, 15) is 28.7 Å². The number of nitro benzene ring substituents is 1. The molecule has 1 fully saturated rings. The highest BCUT2D eigenvalue weighted by Crippen LogP contribution is 2.46. The summed E-state index contributed by atoms with van der Waals surface area (Å²) >= 11 is 0. The van der Waals surface area contributed by atoms with E-state index >= 15 is 0 Å². The van der Waals surface area contributed by atoms with Gasteiger partial charge in [0.2, 0.25) is 11.8 Å². The molecule has 0 saturated carbocycles. The SMILES string of the molecule is CC(=O)NCCS(=O)C1=C(C(=O)OCc2ccc([N+](=O)[O-])cc2)N2C(=O)C(C(C)C)C2C1. The molecule has 1 aromatic carbocycles. The number of nitrogens with zero attached hydrogens (tertiary/aromatic N) is 2. The van der Waals surface area contributed by atoms with Crippen LogP contribution in [0.15, 0.2) is 34.9 Å². The fraction of sp³-hybridized carbons (Fsp3) is 0.476. The fourth-order valence-electron chi connectivity index (χ4n) is 4.00. The number of rotatable bonds is 9. The molecule has 3 unspecified atom stereocenters. The number of benzene rings is 1. The van der Waals surface area contributed by atoms with Crippen LogP contribution in [-0.2, 0) is 36.5 Å². The number of non-ortho nitro benzene ring substituents is 1. The quantitative estimate of drug-likeness (QED) is 0.254. The Kier molecular flexibility index (Phi) is 7.07. The van der Waals surface area contributed by atoms with E-state index in [0.29, 0.717) is 16.9 Å². The van der Waals surface area contributed by atoms with E-state index in [1.54, 1.807) is 0 Å². The lowest BCUT2D eigenvalue weighted by atomic mass is 9.79. The average molecular weight is 464 g/mol. The standard InChI is InChI=1S/C21H25N3O7S/c1-12(2)18-16-10-17(32(30)9-8-22-13(3)25)19(23(16)20(18)26)21(27)31-11-14-4-6-15(7-5-14)24(28)29/h4-7,12,16,18H,8-11H2,1-3H3,(H,22,25). The van der Waals surface area contributed by atoms with E-state index in [2.05, 4.69) is 5.32 Å². The summed E-state index contributed by atoms with van der Waals surface area (Å²) in [5.74, 6) is -1.25. The first-order chi connectivity index (χ1) is 15.1. The van der Waals surface area contributed by atoms with Gasteiger partial charge in [0.15, 0.2) is 0 Å². The summed E-state index contributed by atoms with van der Waals surface area (Å²) in [5.41, 5.74) is 0.478. The van der Waals surface area contributed by atoms with Gasteiger partial charge in [-0.15, -0.1) is 0 Å². The highest BCUT2D eigenvalue weighted by Gasteiger charge is 2.56. The van der Waals surface area contributed by atoms with E-state index in [1.165, 1.54) is 36.1 Å². The Morgan fingerprint density at radius 2 is 1.97 bits per heavy atom. The molecule has 2 aliphatic rings. The Morgan fingerprint density at radius 3 is 2.53 bits per heavy atom. The Labute approximate surface area is 187 Å². The minimum atomic E-state index is -1.57. The van der Waals surface area contributed by atoms with Gasteiger partial charge in [0.05, 0.1) is 27.7 Å². The molecule has 2 aliphatic heterocycles. The normalized spacial score (nSPS) is 20.6. The molecule has 3 rings (SSSR count). The van der Waals surface area contributed by atoms with Crippen molar-refractivity contribution in [1.82, 2.24) is 10.2 Å². The second kappa shape index (κ2) is 9.60. The number of nitrogens with one attached hydrogen (secondary N) is 1. The van der Waals surface area contributed by atoms with Crippen LogP contribution in [0.25, 0.3) is 0 Å². The van der Waals surface area contributed by atoms with Gasteiger partial charge >= 0.3 is 5.97 Å². The van der Waals surface area contributed by atoms with Crippen LogP contribution in [-0.4, -0.2) is 50.2 Å². The van der Waals surface area contributed by atoms with Crippen LogP contribution < -0.4 is 5.32 Å². The van der Waals surface area contributed by atoms with Crippen molar-refractivity contribution >= 4 is 34.3 Å². The maximum Gasteiger partial charge on any atom is 0.356 e. The monoisotopic (exact) mass is 463 g/mol. The molecule has 3 atom stereocenters. The van der Waals surface area contributed by atoms with Gasteiger partial charge in [0.1, 0.15) is 12.3 Å². The van der Waals surface area contributed by atoms with Crippen LogP contribution in [0.4, 0.5) is 5.69 Å². The van der Waals surface area contributed by atoms with Crippen molar-refractivity contribution in [1.29, 1.82) is 0 Å². The summed E-state index contributed by atoms with van der Waals surface area (Å²) in [4.78, 5) is 48.7. The van der Waals surface area contributed by atoms with Crippen molar-refractivity contribution < 1.29 is 28.3 Å². The summed E-state index contributed by atoms with van der Waals surface area (Å²) in [7, 11) is -1.57. The van der Waals surface area contributed by atoms with Gasteiger partial charge in [-0.3, -0.25) is 23.9 Å². The predicted molar refractivity (Wildman–Crippen MR) is 115 cm³/mol. The summed E-state index contributed by atoms with van der Waals surface area (Å²) in [6.45, 7) is 5.25. The second-order valence-electron chi connectivity index (χ2n) is 8.05. The fourth-order valence-corrected chi connectivity index (χ4v) is 5.29. The van der Waals surface area contributed by atoms with Crippen LogP contribution in [0.3, 0.4) is 0 Å². The molecule has 32 heavy (non-hydrogen) atoms. The maximum atomic E-state index is 12.9. The molecule has 1 aromatic rings. The van der Waals surface area contributed by atoms with Gasteiger partial charge in [-0.2, -0.15) is 0 Å². The van der Waals surface area contributed by atoms with E-state index in [-0.39, 0.29) is 60.0 Å². The minimum Gasteiger partial charge on any atom is -0.456 e. The van der Waals surface area contributed by atoms with Crippen LogP contribution in [0.2, 0.25) is 0 Å². The molecule has 0 radical (unpaired) electrons. The van der Waals surface area contributed by atoms with Gasteiger partial charge in [-0.1, -0.05) is 13.8 Å². The summed E-state index contributed by atoms with van der Waals surface area (Å²) in [6.07, 6.45) is 0.323. The number of carbonyl (C=O) groups is 3. The van der Waals surface area contributed by atoms with Gasteiger partial charge < -0.3 is 15.0 Å². The number of hydrogen-bond acceptors (Lipinski definition) is 7. The third-order valence-corrected chi connectivity index (χ3v) is 7.02. The van der Waals surface area contributed by atoms with Crippen LogP contribution in [0.1, 0.15) is 32.8 Å². The molecular weight excluding hydrogens is 438 g/mol. The molecule has 0 aliphatic carbocycles. The van der Waals surface area contributed by atoms with Crippen LogP contribution in [0, 0.1) is 22.0 Å². The molecule has 1 saturated heterocycles. The number of carbonyl (C=O) groups excluding carboxylic acids is 3. The first kappa shape index (κ1) is 23.6. The second-order valence-corrected chi connectivity index (χ2v) is 9.65. The highest BCUT2D eigenvalue weighted by molar-refractivity contribution is 7.89. The lowest BCUT2D eigenvalue weighted by Crippen LogP contribution is -2.60. The van der Waals surface area contributed by atoms with E-state index in [0.717, 1.165) is 0 Å². The number of amides is 2. The smallest absolute Gasteiger partial charge is 0.356 e. The van der Waals surface area contributed by atoms with E-state index in [1.807, 2.05) is 13.8 Å². The number of fused-ring (bicyclic) bond motifs is 1. The predicted octanol–water partition coefficient (Wildman–Crippen LogP) is 1.62. The van der Waals surface area contributed by atoms with Gasteiger partial charge in [-0.25, -0.2) is 4.79 Å². The first-order valence-electron chi connectivity index (χ1n) is 10.2. The Balaban J connectivity index is 1.76. The Hall–Kier alpha value is -3.08. The molecule has 0 aromatic heterocycles. The van der Waals surface area contributed by atoms with Crippen molar-refractivity contribution in [3.63, 3.8) is 0 Å². The van der Waals surface area contributed by atoms with Crippen LogP contribution >= 0.6 is 0 Å². The largest absolute Gasteiger partial charge is 0.456 e. The van der Waals surface area contributed by atoms with Crippen molar-refractivity contribution in [3.8, 4) is 0 Å². The summed E-state index contributed by atoms with van der Waals surface area (Å²) < 4.78 is 18.3. The van der Waals surface area contributed by atoms with Crippen molar-refractivity contribution in [2.75, 3.05) is 12.3 Å². The third-order valence-electron chi connectivity index (χ3n) is 5.53. The number of ether oxygens (including phenoxy) is 1. The molecular formula is C21H25N3O7S. The molecule has 172 valence electrons. The van der Waals surface area contributed by atoms with Gasteiger partial charge in [0, 0.05) is 42.7 Å². The number of esters is 1. The number of hydrogen-bond donors (Lipinski definition) is 1. The van der Waals surface area contributed by atoms with Crippen molar-refractivity contribution in [2.45, 2.75) is 39.8 Å². The zero-order valence-corrected chi connectivity index (χ0v) is 18.8. The molecule has 2 amide bonds. The molecule has 0 spiro atoms. The Bertz CT molecular complexity index is 1000. The van der Waals surface area contributed by atoms with Gasteiger partial charge in [-0.05, 0) is 23.6 Å². The molecule has 1 N–H and O–H groups in total. The minimum absolute atomic E-state index is 0.0139. The van der Waals surface area contributed by atoms with E-state index < -0.39 is 21.7 Å². The van der Waals surface area contributed by atoms with Gasteiger partial charge in [0.25, 0.3) is 5.69 Å². The molecule has 10 nitrogen and oxygen atoms in total. The van der Waals surface area contributed by atoms with Crippen molar-refractivity contribution in [3.05, 3.63) is 50.5 Å². The summed E-state index contributed by atoms with van der Waals surface area (Å²) in [5, 5.41) is 13.3. The lowest BCUT2D eigenvalue weighted by Gasteiger charge is -2.45.